The normalized spacial score (nSPS) is 9.47. The summed E-state index contributed by atoms with van der Waals surface area (Å²) in [5, 5.41) is 10.6. The fourth-order valence-corrected chi connectivity index (χ4v) is 1.05. The van der Waals surface area contributed by atoms with Crippen LogP contribution in [0.5, 0.6) is 5.75 Å². The highest BCUT2D eigenvalue weighted by Crippen LogP contribution is 2.25. The van der Waals surface area contributed by atoms with Gasteiger partial charge in [0, 0.05) is 6.07 Å². The summed E-state index contributed by atoms with van der Waals surface area (Å²) in [6.07, 6.45) is 1.40. The van der Waals surface area contributed by atoms with E-state index in [0.29, 0.717) is 0 Å². The van der Waals surface area contributed by atoms with Crippen molar-refractivity contribution in [3.8, 4) is 5.75 Å². The average Bonchev–Trinajstić information content (AvgIpc) is 2.17. The highest BCUT2D eigenvalue weighted by atomic mass is 35.5. The minimum atomic E-state index is -0.513. The van der Waals surface area contributed by atoms with Crippen molar-refractivity contribution >= 4 is 28.9 Å². The van der Waals surface area contributed by atoms with E-state index >= 15 is 0 Å². The van der Waals surface area contributed by atoms with Gasteiger partial charge in [-0.1, -0.05) is 35.3 Å². The number of para-hydroxylation sites is 2. The van der Waals surface area contributed by atoms with E-state index in [0.717, 1.165) is 0 Å². The first-order valence-corrected chi connectivity index (χ1v) is 4.74. The van der Waals surface area contributed by atoms with E-state index in [1.54, 1.807) is 12.1 Å². The van der Waals surface area contributed by atoms with E-state index in [1.807, 2.05) is 0 Å². The molecular formula is C9H7Cl2NO3. The van der Waals surface area contributed by atoms with Crippen LogP contribution >= 0.6 is 23.2 Å². The van der Waals surface area contributed by atoms with Crippen LogP contribution < -0.4 is 4.74 Å². The standard InChI is InChI=1S/C9H7Cl2NO3/c10-9(11)5-6-15-8-4-2-1-3-7(8)12(13)14/h1-5H,6H2. The lowest BCUT2D eigenvalue weighted by atomic mass is 10.3. The van der Waals surface area contributed by atoms with E-state index in [1.165, 1.54) is 18.2 Å². The summed E-state index contributed by atoms with van der Waals surface area (Å²) in [5.74, 6) is 0.188. The first-order chi connectivity index (χ1) is 7.11. The molecule has 0 aromatic heterocycles. The Morgan fingerprint density at radius 3 is 2.73 bits per heavy atom. The second-order valence-electron chi connectivity index (χ2n) is 2.53. The summed E-state index contributed by atoms with van der Waals surface area (Å²) in [6.45, 7) is 0.0905. The fourth-order valence-electron chi connectivity index (χ4n) is 0.924. The number of hydrogen-bond donors (Lipinski definition) is 0. The van der Waals surface area contributed by atoms with Crippen LogP contribution in [0.3, 0.4) is 0 Å². The Bertz CT molecular complexity index is 389. The number of ether oxygens (including phenoxy) is 1. The van der Waals surface area contributed by atoms with Crippen molar-refractivity contribution in [3.05, 3.63) is 44.9 Å². The minimum absolute atomic E-state index is 0.0635. The van der Waals surface area contributed by atoms with Crippen LogP contribution in [0, 0.1) is 10.1 Å². The van der Waals surface area contributed by atoms with Gasteiger partial charge in [0.1, 0.15) is 11.1 Å². The van der Waals surface area contributed by atoms with Gasteiger partial charge in [0.15, 0.2) is 5.75 Å². The van der Waals surface area contributed by atoms with E-state index in [2.05, 4.69) is 0 Å². The molecule has 0 atom stereocenters. The largest absolute Gasteiger partial charge is 0.482 e. The van der Waals surface area contributed by atoms with Crippen LogP contribution in [0.4, 0.5) is 5.69 Å². The van der Waals surface area contributed by atoms with Gasteiger partial charge in [0.05, 0.1) is 4.92 Å². The summed E-state index contributed by atoms with van der Waals surface area (Å²) in [5.41, 5.74) is -0.0865. The van der Waals surface area contributed by atoms with Crippen LogP contribution in [-0.2, 0) is 0 Å². The molecule has 1 aromatic rings. The van der Waals surface area contributed by atoms with Gasteiger partial charge in [0.2, 0.25) is 0 Å². The average molecular weight is 248 g/mol. The molecule has 80 valence electrons. The number of nitro benzene ring substituents is 1. The lowest BCUT2D eigenvalue weighted by Gasteiger charge is -2.03. The Balaban J connectivity index is 2.76. The maximum absolute atomic E-state index is 10.6. The Labute approximate surface area is 96.2 Å². The van der Waals surface area contributed by atoms with Crippen molar-refractivity contribution in [1.29, 1.82) is 0 Å². The predicted molar refractivity (Wildman–Crippen MR) is 58.4 cm³/mol. The second kappa shape index (κ2) is 5.58. The molecular weight excluding hydrogens is 241 g/mol. The van der Waals surface area contributed by atoms with E-state index in [-0.39, 0.29) is 22.5 Å². The summed E-state index contributed by atoms with van der Waals surface area (Å²) < 4.78 is 5.19. The molecule has 4 nitrogen and oxygen atoms in total. The van der Waals surface area contributed by atoms with Gasteiger partial charge < -0.3 is 4.74 Å². The lowest BCUT2D eigenvalue weighted by Crippen LogP contribution is -1.97. The zero-order chi connectivity index (χ0) is 11.3. The summed E-state index contributed by atoms with van der Waals surface area (Å²) in [6, 6.07) is 6.08. The Kier molecular flexibility index (Phi) is 4.39. The molecule has 0 radical (unpaired) electrons. The molecule has 0 N–H and O–H groups in total. The number of halogens is 2. The first-order valence-electron chi connectivity index (χ1n) is 3.98. The molecule has 0 heterocycles. The van der Waals surface area contributed by atoms with E-state index in [4.69, 9.17) is 27.9 Å². The van der Waals surface area contributed by atoms with Crippen molar-refractivity contribution in [1.82, 2.24) is 0 Å². The highest BCUT2D eigenvalue weighted by Gasteiger charge is 2.12. The van der Waals surface area contributed by atoms with Crippen LogP contribution in [0.1, 0.15) is 0 Å². The summed E-state index contributed by atoms with van der Waals surface area (Å²) in [4.78, 5) is 10.1. The molecule has 0 saturated carbocycles. The quantitative estimate of drug-likeness (QED) is 0.606. The van der Waals surface area contributed by atoms with E-state index < -0.39 is 4.92 Å². The second-order valence-corrected chi connectivity index (χ2v) is 3.54. The predicted octanol–water partition coefficient (Wildman–Crippen LogP) is 3.29. The third-order valence-corrected chi connectivity index (χ3v) is 1.85. The Morgan fingerprint density at radius 1 is 1.47 bits per heavy atom. The molecule has 1 rings (SSSR count). The van der Waals surface area contributed by atoms with Crippen LogP contribution in [-0.4, -0.2) is 11.5 Å². The highest BCUT2D eigenvalue weighted by molar-refractivity contribution is 6.55. The van der Waals surface area contributed by atoms with Gasteiger partial charge >= 0.3 is 5.69 Å². The van der Waals surface area contributed by atoms with Crippen molar-refractivity contribution in [2.75, 3.05) is 6.61 Å². The van der Waals surface area contributed by atoms with Crippen LogP contribution in [0.2, 0.25) is 0 Å². The van der Waals surface area contributed by atoms with Crippen molar-refractivity contribution < 1.29 is 9.66 Å². The van der Waals surface area contributed by atoms with Crippen molar-refractivity contribution in [3.63, 3.8) is 0 Å². The molecule has 6 heteroatoms. The molecule has 0 saturated heterocycles. The third-order valence-electron chi connectivity index (χ3n) is 1.54. The van der Waals surface area contributed by atoms with Gasteiger partial charge in [-0.25, -0.2) is 0 Å². The van der Waals surface area contributed by atoms with E-state index in [9.17, 15) is 10.1 Å². The topological polar surface area (TPSA) is 52.4 Å². The van der Waals surface area contributed by atoms with Crippen molar-refractivity contribution in [2.45, 2.75) is 0 Å². The number of rotatable bonds is 4. The molecule has 0 amide bonds. The number of hydrogen-bond acceptors (Lipinski definition) is 3. The molecule has 15 heavy (non-hydrogen) atoms. The fraction of sp³-hybridized carbons (Fsp3) is 0.111. The maximum Gasteiger partial charge on any atom is 0.310 e. The molecule has 0 aliphatic carbocycles. The van der Waals surface area contributed by atoms with Crippen molar-refractivity contribution in [2.24, 2.45) is 0 Å². The van der Waals surface area contributed by atoms with Gasteiger partial charge in [-0.15, -0.1) is 0 Å². The zero-order valence-corrected chi connectivity index (χ0v) is 9.03. The molecule has 0 bridgehead atoms. The molecule has 0 aliphatic rings. The first kappa shape index (κ1) is 11.8. The maximum atomic E-state index is 10.6. The molecule has 1 aromatic carbocycles. The summed E-state index contributed by atoms with van der Waals surface area (Å²) >= 11 is 10.7. The smallest absolute Gasteiger partial charge is 0.310 e. The number of nitro groups is 1. The van der Waals surface area contributed by atoms with Gasteiger partial charge in [-0.05, 0) is 12.1 Å². The minimum Gasteiger partial charge on any atom is -0.482 e. The SMILES string of the molecule is O=[N+]([O-])c1ccccc1OCC=C(Cl)Cl. The van der Waals surface area contributed by atoms with Crippen LogP contribution in [0.15, 0.2) is 34.8 Å². The molecule has 0 fully saturated rings. The number of benzene rings is 1. The Hall–Kier alpha value is -1.26. The summed E-state index contributed by atoms with van der Waals surface area (Å²) in [7, 11) is 0. The molecule has 0 unspecified atom stereocenters. The zero-order valence-electron chi connectivity index (χ0n) is 7.52. The molecule has 0 aliphatic heterocycles. The van der Waals surface area contributed by atoms with Gasteiger partial charge in [-0.2, -0.15) is 0 Å². The third kappa shape index (κ3) is 3.77. The Morgan fingerprint density at radius 2 is 2.13 bits per heavy atom. The van der Waals surface area contributed by atoms with Crippen LogP contribution in [0.25, 0.3) is 0 Å². The molecule has 0 spiro atoms. The van der Waals surface area contributed by atoms with Gasteiger partial charge in [0.25, 0.3) is 0 Å². The van der Waals surface area contributed by atoms with Gasteiger partial charge in [-0.3, -0.25) is 10.1 Å². The number of nitrogens with zero attached hydrogens (tertiary/aromatic N) is 1. The monoisotopic (exact) mass is 247 g/mol. The lowest BCUT2D eigenvalue weighted by molar-refractivity contribution is -0.385.